The van der Waals surface area contributed by atoms with Crippen LogP contribution < -0.4 is 0 Å². The predicted octanol–water partition coefficient (Wildman–Crippen LogP) is 5.82. The molecule has 0 aromatic carbocycles. The Labute approximate surface area is 138 Å². The average molecular weight is 332 g/mol. The molecule has 0 aromatic heterocycles. The van der Waals surface area contributed by atoms with Gasteiger partial charge in [-0.2, -0.15) is 0 Å². The molecule has 21 heavy (non-hydrogen) atoms. The fourth-order valence-electron chi connectivity index (χ4n) is 2.20. The normalized spacial score (nSPS) is 11.2. The van der Waals surface area contributed by atoms with E-state index in [1.54, 1.807) is 0 Å². The lowest BCUT2D eigenvalue weighted by molar-refractivity contribution is -0.111. The minimum absolute atomic E-state index is 0.383. The summed E-state index contributed by atoms with van der Waals surface area (Å²) >= 11 is 1.53. The fraction of sp³-hybridized carbons (Fsp3) is 0.941. The summed E-state index contributed by atoms with van der Waals surface area (Å²) in [5.41, 5.74) is 0. The van der Waals surface area contributed by atoms with E-state index in [0.29, 0.717) is 5.12 Å². The maximum atomic E-state index is 11.7. The minimum Gasteiger partial charge on any atom is -0.417 e. The molecule has 0 aromatic rings. The average Bonchev–Trinajstić information content (AvgIpc) is 2.47. The molecule has 0 bridgehead atoms. The summed E-state index contributed by atoms with van der Waals surface area (Å²) in [5.74, 6) is 0.972. The molecule has 0 spiro atoms. The summed E-state index contributed by atoms with van der Waals surface area (Å²) in [6, 6.07) is 2.56. The van der Waals surface area contributed by atoms with Crippen LogP contribution in [0.25, 0.3) is 0 Å². The highest BCUT2D eigenvalue weighted by Gasteiger charge is 2.10. The predicted molar refractivity (Wildman–Crippen MR) is 97.4 cm³/mol. The summed E-state index contributed by atoms with van der Waals surface area (Å²) in [6.07, 6.45) is 10.2. The van der Waals surface area contributed by atoms with Crippen molar-refractivity contribution < 1.29 is 9.22 Å². The molecule has 125 valence electrons. The van der Waals surface area contributed by atoms with Crippen LogP contribution in [0, 0.1) is 0 Å². The van der Waals surface area contributed by atoms with Gasteiger partial charge in [0.25, 0.3) is 0 Å². The molecule has 0 amide bonds. The summed E-state index contributed by atoms with van der Waals surface area (Å²) in [6.45, 7) is 7.59. The maximum absolute atomic E-state index is 11.7. The van der Waals surface area contributed by atoms with E-state index in [-0.39, 0.29) is 0 Å². The Kier molecular flexibility index (Phi) is 16.7. The molecule has 0 saturated heterocycles. The minimum atomic E-state index is -0.541. The first-order valence-corrected chi connectivity index (χ1v) is 11.7. The molecule has 0 unspecified atom stereocenters. The van der Waals surface area contributed by atoms with E-state index >= 15 is 0 Å². The SMILES string of the molecule is CCCCCCC(=O)SCCCCO[Si](CCC)CCC. The highest BCUT2D eigenvalue weighted by Crippen LogP contribution is 2.13. The molecule has 0 saturated carbocycles. The highest BCUT2D eigenvalue weighted by molar-refractivity contribution is 8.13. The quantitative estimate of drug-likeness (QED) is 0.279. The molecule has 0 rings (SSSR count). The summed E-state index contributed by atoms with van der Waals surface area (Å²) in [4.78, 5) is 11.7. The molecule has 0 N–H and O–H groups in total. The summed E-state index contributed by atoms with van der Waals surface area (Å²) in [5, 5.41) is 0.383. The molecule has 0 aliphatic carbocycles. The molecule has 2 nitrogen and oxygen atoms in total. The number of rotatable bonds is 15. The van der Waals surface area contributed by atoms with Gasteiger partial charge in [0.1, 0.15) is 0 Å². The first-order chi connectivity index (χ1) is 10.2. The van der Waals surface area contributed by atoms with Gasteiger partial charge >= 0.3 is 0 Å². The molecular weight excluding hydrogens is 296 g/mol. The van der Waals surface area contributed by atoms with Crippen LogP contribution >= 0.6 is 11.8 Å². The number of thioether (sulfide) groups is 1. The van der Waals surface area contributed by atoms with E-state index in [9.17, 15) is 4.79 Å². The largest absolute Gasteiger partial charge is 0.417 e. The van der Waals surface area contributed by atoms with Crippen molar-refractivity contribution >= 4 is 25.9 Å². The third-order valence-corrected chi connectivity index (χ3v) is 7.15. The van der Waals surface area contributed by atoms with Crippen molar-refractivity contribution in [2.24, 2.45) is 0 Å². The third kappa shape index (κ3) is 14.9. The number of carbonyl (C=O) groups is 1. The molecule has 1 radical (unpaired) electrons. The van der Waals surface area contributed by atoms with Gasteiger partial charge in [-0.05, 0) is 31.4 Å². The summed E-state index contributed by atoms with van der Waals surface area (Å²) < 4.78 is 6.03. The van der Waals surface area contributed by atoms with Crippen LogP contribution in [0.1, 0.15) is 78.6 Å². The lowest BCUT2D eigenvalue weighted by atomic mass is 10.2. The van der Waals surface area contributed by atoms with Crippen molar-refractivity contribution in [2.45, 2.75) is 90.6 Å². The van der Waals surface area contributed by atoms with Gasteiger partial charge in [-0.3, -0.25) is 4.79 Å². The van der Waals surface area contributed by atoms with Crippen molar-refractivity contribution in [2.75, 3.05) is 12.4 Å². The van der Waals surface area contributed by atoms with Crippen molar-refractivity contribution in [3.63, 3.8) is 0 Å². The van der Waals surface area contributed by atoms with Crippen LogP contribution in [-0.4, -0.2) is 26.5 Å². The highest BCUT2D eigenvalue weighted by atomic mass is 32.2. The van der Waals surface area contributed by atoms with Gasteiger partial charge in [0.2, 0.25) is 9.04 Å². The van der Waals surface area contributed by atoms with E-state index in [2.05, 4.69) is 20.8 Å². The van der Waals surface area contributed by atoms with E-state index in [0.717, 1.165) is 38.0 Å². The van der Waals surface area contributed by atoms with Crippen LogP contribution in [0.15, 0.2) is 0 Å². The lowest BCUT2D eigenvalue weighted by Crippen LogP contribution is -2.18. The van der Waals surface area contributed by atoms with Crippen molar-refractivity contribution in [1.29, 1.82) is 0 Å². The number of unbranched alkanes of at least 4 members (excludes halogenated alkanes) is 4. The van der Waals surface area contributed by atoms with E-state index in [1.165, 1.54) is 56.0 Å². The van der Waals surface area contributed by atoms with Gasteiger partial charge in [-0.25, -0.2) is 0 Å². The van der Waals surface area contributed by atoms with Crippen molar-refractivity contribution in [3.8, 4) is 0 Å². The number of hydrogen-bond acceptors (Lipinski definition) is 3. The Morgan fingerprint density at radius 2 is 1.62 bits per heavy atom. The van der Waals surface area contributed by atoms with Crippen molar-refractivity contribution in [1.82, 2.24) is 0 Å². The van der Waals surface area contributed by atoms with E-state index in [1.807, 2.05) is 0 Å². The molecule has 0 aliphatic heterocycles. The smallest absolute Gasteiger partial charge is 0.211 e. The Balaban J connectivity index is 3.39. The topological polar surface area (TPSA) is 26.3 Å². The molecule has 4 heteroatoms. The molecule has 0 atom stereocenters. The fourth-order valence-corrected chi connectivity index (χ4v) is 5.15. The second-order valence-electron chi connectivity index (χ2n) is 5.63. The van der Waals surface area contributed by atoms with Crippen molar-refractivity contribution in [3.05, 3.63) is 0 Å². The van der Waals surface area contributed by atoms with Gasteiger partial charge in [0.15, 0.2) is 5.12 Å². The Bertz CT molecular complexity index is 231. The Hall–Kier alpha value is 0.197. The zero-order valence-electron chi connectivity index (χ0n) is 14.4. The maximum Gasteiger partial charge on any atom is 0.211 e. The standard InChI is InChI=1S/C17H35O2SSi/c1-4-7-8-9-12-17(18)20-14-11-10-13-19-21(15-5-2)16-6-3/h4-16H2,1-3H3. The molecule has 0 fully saturated rings. The van der Waals surface area contributed by atoms with Gasteiger partial charge in [0, 0.05) is 18.8 Å². The van der Waals surface area contributed by atoms with Gasteiger partial charge in [-0.15, -0.1) is 0 Å². The van der Waals surface area contributed by atoms with Gasteiger partial charge in [-0.1, -0.05) is 64.6 Å². The second kappa shape index (κ2) is 16.6. The molecule has 0 aliphatic rings. The first-order valence-electron chi connectivity index (χ1n) is 8.87. The molecular formula is C17H35O2SSi. The zero-order chi connectivity index (χ0) is 15.8. The Morgan fingerprint density at radius 1 is 0.905 bits per heavy atom. The molecule has 0 heterocycles. The van der Waals surface area contributed by atoms with Gasteiger partial charge in [0.05, 0.1) is 0 Å². The first kappa shape index (κ1) is 21.2. The summed E-state index contributed by atoms with van der Waals surface area (Å²) in [7, 11) is -0.541. The Morgan fingerprint density at radius 3 is 2.24 bits per heavy atom. The van der Waals surface area contributed by atoms with Crippen LogP contribution in [0.4, 0.5) is 0 Å². The number of carbonyl (C=O) groups excluding carboxylic acids is 1. The van der Waals surface area contributed by atoms with E-state index in [4.69, 9.17) is 4.43 Å². The zero-order valence-corrected chi connectivity index (χ0v) is 16.2. The van der Waals surface area contributed by atoms with Crippen LogP contribution in [-0.2, 0) is 9.22 Å². The van der Waals surface area contributed by atoms with Crippen LogP contribution in [0.5, 0.6) is 0 Å². The monoisotopic (exact) mass is 331 g/mol. The lowest BCUT2D eigenvalue weighted by Gasteiger charge is -2.13. The van der Waals surface area contributed by atoms with Crippen LogP contribution in [0.2, 0.25) is 12.1 Å². The van der Waals surface area contributed by atoms with Gasteiger partial charge < -0.3 is 4.43 Å². The second-order valence-corrected chi connectivity index (χ2v) is 9.14. The third-order valence-electron chi connectivity index (χ3n) is 3.40. The van der Waals surface area contributed by atoms with E-state index < -0.39 is 9.04 Å². The number of hydrogen-bond donors (Lipinski definition) is 0. The van der Waals surface area contributed by atoms with Crippen LogP contribution in [0.3, 0.4) is 0 Å².